The Balaban J connectivity index is 1.75. The first-order valence-electron chi connectivity index (χ1n) is 5.67. The van der Waals surface area contributed by atoms with Crippen LogP contribution < -0.4 is 0 Å². The van der Waals surface area contributed by atoms with Gasteiger partial charge in [0.25, 0.3) is 5.91 Å². The van der Waals surface area contributed by atoms with Crippen LogP contribution in [0.3, 0.4) is 0 Å². The van der Waals surface area contributed by atoms with Crippen LogP contribution in [0.5, 0.6) is 0 Å². The van der Waals surface area contributed by atoms with Crippen LogP contribution in [-0.2, 0) is 4.74 Å². The van der Waals surface area contributed by atoms with Crippen LogP contribution in [0.15, 0.2) is 16.7 Å². The smallest absolute Gasteiger partial charge is 0.289 e. The number of rotatable bonds is 1. The van der Waals surface area contributed by atoms with E-state index in [0.717, 1.165) is 31.9 Å². The first kappa shape index (κ1) is 9.90. The summed E-state index contributed by atoms with van der Waals surface area (Å²) in [5, 5.41) is 0. The highest BCUT2D eigenvalue weighted by Gasteiger charge is 2.39. The maximum absolute atomic E-state index is 12.2. The van der Waals surface area contributed by atoms with Gasteiger partial charge in [-0.05, 0) is 13.0 Å². The number of fused-ring (bicyclic) bond motifs is 1. The molecule has 0 unspecified atom stereocenters. The summed E-state index contributed by atoms with van der Waals surface area (Å²) in [4.78, 5) is 14.0. The fourth-order valence-electron chi connectivity index (χ4n) is 2.59. The number of furan rings is 1. The zero-order chi connectivity index (χ0) is 11.1. The first-order chi connectivity index (χ1) is 7.75. The number of carbonyl (C=O) groups excluding carboxylic acids is 1. The number of amides is 1. The molecule has 0 radical (unpaired) electrons. The molecule has 4 nitrogen and oxygen atoms in total. The second kappa shape index (κ2) is 3.63. The van der Waals surface area contributed by atoms with E-state index in [1.165, 1.54) is 0 Å². The fourth-order valence-corrected chi connectivity index (χ4v) is 2.59. The van der Waals surface area contributed by atoms with Crippen LogP contribution in [0.1, 0.15) is 16.1 Å². The third kappa shape index (κ3) is 1.45. The molecule has 1 aromatic rings. The Labute approximate surface area is 94.2 Å². The monoisotopic (exact) mass is 221 g/mol. The molecule has 3 rings (SSSR count). The van der Waals surface area contributed by atoms with Gasteiger partial charge in [0, 0.05) is 30.5 Å². The molecular formula is C12H15NO3. The summed E-state index contributed by atoms with van der Waals surface area (Å²) in [5.74, 6) is 1.57. The SMILES string of the molecule is Cc1ccoc1C(=O)N1C[C@H]2COC[C@H]2C1. The van der Waals surface area contributed by atoms with E-state index < -0.39 is 0 Å². The molecule has 0 spiro atoms. The normalized spacial score (nSPS) is 28.4. The Kier molecular flexibility index (Phi) is 2.24. The molecule has 0 bridgehead atoms. The van der Waals surface area contributed by atoms with E-state index in [9.17, 15) is 4.79 Å². The number of likely N-dealkylation sites (tertiary alicyclic amines) is 1. The van der Waals surface area contributed by atoms with Gasteiger partial charge in [-0.3, -0.25) is 4.79 Å². The van der Waals surface area contributed by atoms with Crippen molar-refractivity contribution in [2.75, 3.05) is 26.3 Å². The van der Waals surface area contributed by atoms with Crippen LogP contribution in [0.2, 0.25) is 0 Å². The molecular weight excluding hydrogens is 206 g/mol. The highest BCUT2D eigenvalue weighted by molar-refractivity contribution is 5.93. The van der Waals surface area contributed by atoms with Crippen molar-refractivity contribution in [2.45, 2.75) is 6.92 Å². The number of hydrogen-bond acceptors (Lipinski definition) is 3. The van der Waals surface area contributed by atoms with Crippen molar-refractivity contribution in [2.24, 2.45) is 11.8 Å². The molecule has 16 heavy (non-hydrogen) atoms. The molecule has 2 fully saturated rings. The second-order valence-corrected chi connectivity index (χ2v) is 4.70. The van der Waals surface area contributed by atoms with E-state index in [4.69, 9.17) is 9.15 Å². The van der Waals surface area contributed by atoms with Gasteiger partial charge in [-0.1, -0.05) is 0 Å². The average Bonchev–Trinajstić information content (AvgIpc) is 2.89. The van der Waals surface area contributed by atoms with Crippen LogP contribution in [-0.4, -0.2) is 37.1 Å². The predicted octanol–water partition coefficient (Wildman–Crippen LogP) is 1.31. The van der Waals surface area contributed by atoms with Gasteiger partial charge in [0.05, 0.1) is 19.5 Å². The van der Waals surface area contributed by atoms with Crippen molar-refractivity contribution in [1.29, 1.82) is 0 Å². The van der Waals surface area contributed by atoms with Crippen molar-refractivity contribution in [3.8, 4) is 0 Å². The molecule has 86 valence electrons. The lowest BCUT2D eigenvalue weighted by Gasteiger charge is -2.16. The summed E-state index contributed by atoms with van der Waals surface area (Å²) in [5.41, 5.74) is 0.915. The van der Waals surface area contributed by atoms with E-state index in [-0.39, 0.29) is 5.91 Å². The highest BCUT2D eigenvalue weighted by atomic mass is 16.5. The van der Waals surface area contributed by atoms with Gasteiger partial charge >= 0.3 is 0 Å². The van der Waals surface area contributed by atoms with Crippen molar-refractivity contribution in [1.82, 2.24) is 4.90 Å². The third-order valence-corrected chi connectivity index (χ3v) is 3.58. The lowest BCUT2D eigenvalue weighted by molar-refractivity contribution is 0.0719. The van der Waals surface area contributed by atoms with Gasteiger partial charge in [-0.25, -0.2) is 0 Å². The summed E-state index contributed by atoms with van der Waals surface area (Å²) in [6.07, 6.45) is 1.57. The Morgan fingerprint density at radius 3 is 2.62 bits per heavy atom. The van der Waals surface area contributed by atoms with Gasteiger partial charge in [-0.15, -0.1) is 0 Å². The van der Waals surface area contributed by atoms with Gasteiger partial charge in [0.15, 0.2) is 5.76 Å². The molecule has 0 saturated carbocycles. The number of nitrogens with zero attached hydrogens (tertiary/aromatic N) is 1. The maximum Gasteiger partial charge on any atom is 0.289 e. The quantitative estimate of drug-likeness (QED) is 0.718. The Morgan fingerprint density at radius 2 is 2.06 bits per heavy atom. The highest BCUT2D eigenvalue weighted by Crippen LogP contribution is 2.30. The molecule has 0 aromatic carbocycles. The van der Waals surface area contributed by atoms with E-state index in [2.05, 4.69) is 0 Å². The molecule has 1 aromatic heterocycles. The van der Waals surface area contributed by atoms with Crippen molar-refractivity contribution in [3.05, 3.63) is 23.7 Å². The van der Waals surface area contributed by atoms with E-state index in [1.54, 1.807) is 6.26 Å². The minimum atomic E-state index is 0.0249. The van der Waals surface area contributed by atoms with Gasteiger partial charge in [-0.2, -0.15) is 0 Å². The molecule has 0 aliphatic carbocycles. The van der Waals surface area contributed by atoms with Crippen LogP contribution >= 0.6 is 0 Å². The first-order valence-corrected chi connectivity index (χ1v) is 5.67. The van der Waals surface area contributed by atoms with E-state index in [0.29, 0.717) is 17.6 Å². The molecule has 3 heterocycles. The topological polar surface area (TPSA) is 42.7 Å². The number of aryl methyl sites for hydroxylation is 1. The molecule has 2 atom stereocenters. The lowest BCUT2D eigenvalue weighted by atomic mass is 10.0. The number of ether oxygens (including phenoxy) is 1. The summed E-state index contributed by atoms with van der Waals surface area (Å²) >= 11 is 0. The molecule has 4 heteroatoms. The minimum Gasteiger partial charge on any atom is -0.459 e. The average molecular weight is 221 g/mol. The van der Waals surface area contributed by atoms with Gasteiger partial charge in [0.2, 0.25) is 0 Å². The summed E-state index contributed by atoms with van der Waals surface area (Å²) < 4.78 is 10.6. The van der Waals surface area contributed by atoms with Crippen LogP contribution in [0.4, 0.5) is 0 Å². The fraction of sp³-hybridized carbons (Fsp3) is 0.583. The zero-order valence-electron chi connectivity index (χ0n) is 9.31. The largest absolute Gasteiger partial charge is 0.459 e. The van der Waals surface area contributed by atoms with Crippen molar-refractivity contribution in [3.63, 3.8) is 0 Å². The molecule has 2 saturated heterocycles. The number of hydrogen-bond donors (Lipinski definition) is 0. The Hall–Kier alpha value is -1.29. The predicted molar refractivity (Wildman–Crippen MR) is 57.1 cm³/mol. The molecule has 2 aliphatic rings. The third-order valence-electron chi connectivity index (χ3n) is 3.58. The van der Waals surface area contributed by atoms with Gasteiger partial charge < -0.3 is 14.1 Å². The molecule has 2 aliphatic heterocycles. The van der Waals surface area contributed by atoms with E-state index in [1.807, 2.05) is 17.9 Å². The standard InChI is InChI=1S/C12H15NO3/c1-8-2-3-16-11(8)12(14)13-4-9-6-15-7-10(9)5-13/h2-3,9-10H,4-7H2,1H3/t9-,10+. The maximum atomic E-state index is 12.2. The van der Waals surface area contributed by atoms with Crippen LogP contribution in [0, 0.1) is 18.8 Å². The van der Waals surface area contributed by atoms with Crippen LogP contribution in [0.25, 0.3) is 0 Å². The summed E-state index contributed by atoms with van der Waals surface area (Å²) in [7, 11) is 0. The summed E-state index contributed by atoms with van der Waals surface area (Å²) in [6, 6.07) is 1.83. The minimum absolute atomic E-state index is 0.0249. The summed E-state index contributed by atoms with van der Waals surface area (Å²) in [6.45, 7) is 5.11. The number of carbonyl (C=O) groups is 1. The van der Waals surface area contributed by atoms with Gasteiger partial charge in [0.1, 0.15) is 0 Å². The zero-order valence-corrected chi connectivity index (χ0v) is 9.31. The molecule has 1 amide bonds. The Bertz CT molecular complexity index is 400. The Morgan fingerprint density at radius 1 is 1.38 bits per heavy atom. The van der Waals surface area contributed by atoms with Crippen molar-refractivity contribution < 1.29 is 13.9 Å². The van der Waals surface area contributed by atoms with E-state index >= 15 is 0 Å². The molecule has 0 N–H and O–H groups in total. The second-order valence-electron chi connectivity index (χ2n) is 4.70. The van der Waals surface area contributed by atoms with Crippen molar-refractivity contribution >= 4 is 5.91 Å². The lowest BCUT2D eigenvalue weighted by Crippen LogP contribution is -2.30.